The van der Waals surface area contributed by atoms with Crippen molar-refractivity contribution in [3.63, 3.8) is 0 Å². The van der Waals surface area contributed by atoms with Gasteiger partial charge < -0.3 is 9.84 Å². The first-order chi connectivity index (χ1) is 13.2. The van der Waals surface area contributed by atoms with Crippen LogP contribution in [0.3, 0.4) is 0 Å². The first-order valence-corrected chi connectivity index (χ1v) is 8.21. The highest BCUT2D eigenvalue weighted by atomic mass is 16.5. The number of nitrogens with one attached hydrogen (secondary N) is 1. The average Bonchev–Trinajstić information content (AvgIpc) is 3.35. The predicted molar refractivity (Wildman–Crippen MR) is 96.0 cm³/mol. The van der Waals surface area contributed by atoms with Crippen molar-refractivity contribution in [3.05, 3.63) is 66.3 Å². The molecule has 0 unspecified atom stereocenters. The Morgan fingerprint density at radius 3 is 2.67 bits per heavy atom. The van der Waals surface area contributed by atoms with Gasteiger partial charge in [0, 0.05) is 12.5 Å². The van der Waals surface area contributed by atoms with Crippen molar-refractivity contribution in [1.82, 2.24) is 30.3 Å². The van der Waals surface area contributed by atoms with E-state index in [0.29, 0.717) is 23.0 Å². The van der Waals surface area contributed by atoms with Crippen molar-refractivity contribution in [2.45, 2.75) is 13.3 Å². The van der Waals surface area contributed by atoms with E-state index in [9.17, 15) is 4.79 Å². The number of tetrazole rings is 1. The van der Waals surface area contributed by atoms with Gasteiger partial charge in [0.25, 0.3) is 0 Å². The molecule has 1 N–H and O–H groups in total. The van der Waals surface area contributed by atoms with E-state index < -0.39 is 0 Å². The van der Waals surface area contributed by atoms with E-state index in [2.05, 4.69) is 31.0 Å². The summed E-state index contributed by atoms with van der Waals surface area (Å²) in [4.78, 5) is 16.7. The molecule has 4 aromatic rings. The number of amides is 1. The maximum Gasteiger partial charge on any atom is 0.228 e. The molecule has 0 saturated heterocycles. The molecule has 2 aromatic heterocycles. The van der Waals surface area contributed by atoms with Crippen LogP contribution in [-0.2, 0) is 11.2 Å². The van der Waals surface area contributed by atoms with E-state index in [0.717, 1.165) is 11.3 Å². The van der Waals surface area contributed by atoms with Crippen molar-refractivity contribution in [2.75, 3.05) is 5.32 Å². The number of carbonyl (C=O) groups excluding carboxylic acids is 1. The smallest absolute Gasteiger partial charge is 0.228 e. The van der Waals surface area contributed by atoms with Crippen molar-refractivity contribution in [1.29, 1.82) is 0 Å². The Morgan fingerprint density at radius 1 is 1.15 bits per heavy atom. The molecule has 9 nitrogen and oxygen atoms in total. The zero-order valence-electron chi connectivity index (χ0n) is 14.4. The first-order valence-electron chi connectivity index (χ1n) is 8.21. The lowest BCUT2D eigenvalue weighted by Gasteiger charge is -2.09. The summed E-state index contributed by atoms with van der Waals surface area (Å²) in [7, 11) is 0. The first kappa shape index (κ1) is 16.6. The summed E-state index contributed by atoms with van der Waals surface area (Å²) in [5.74, 6) is 0.765. The van der Waals surface area contributed by atoms with Crippen LogP contribution in [-0.4, -0.2) is 36.3 Å². The Bertz CT molecular complexity index is 1060. The second-order valence-electron chi connectivity index (χ2n) is 5.83. The molecule has 1 amide bonds. The largest absolute Gasteiger partial charge is 0.339 e. The summed E-state index contributed by atoms with van der Waals surface area (Å²) in [6.45, 7) is 1.72. The zero-order chi connectivity index (χ0) is 18.6. The van der Waals surface area contributed by atoms with Crippen LogP contribution in [0.15, 0.2) is 59.4 Å². The predicted octanol–water partition coefficient (Wildman–Crippen LogP) is 2.20. The normalized spacial score (nSPS) is 10.7. The van der Waals surface area contributed by atoms with Gasteiger partial charge in [-0.1, -0.05) is 29.4 Å². The third-order valence-electron chi connectivity index (χ3n) is 3.88. The van der Waals surface area contributed by atoms with Crippen LogP contribution in [0.1, 0.15) is 11.5 Å². The van der Waals surface area contributed by atoms with Gasteiger partial charge in [-0.2, -0.15) is 4.98 Å². The van der Waals surface area contributed by atoms with Gasteiger partial charge in [-0.25, -0.2) is 4.68 Å². The van der Waals surface area contributed by atoms with Gasteiger partial charge in [0.15, 0.2) is 0 Å². The van der Waals surface area contributed by atoms with E-state index in [-0.39, 0.29) is 12.3 Å². The lowest BCUT2D eigenvalue weighted by Crippen LogP contribution is -2.15. The standard InChI is InChI=1S/C18H15N7O2/c1-12-20-18(22-27-12)15-4-2-3-5-16(15)21-17(26)10-13-6-8-14(9-7-13)25-11-19-23-24-25/h2-9,11H,10H2,1H3,(H,21,26). The Balaban J connectivity index is 1.47. The van der Waals surface area contributed by atoms with Gasteiger partial charge in [0.05, 0.1) is 17.8 Å². The van der Waals surface area contributed by atoms with Crippen LogP contribution in [0.5, 0.6) is 0 Å². The van der Waals surface area contributed by atoms with Gasteiger partial charge >= 0.3 is 0 Å². The molecule has 27 heavy (non-hydrogen) atoms. The summed E-state index contributed by atoms with van der Waals surface area (Å²) in [5.41, 5.74) is 3.03. The fourth-order valence-corrected chi connectivity index (χ4v) is 2.62. The van der Waals surface area contributed by atoms with Crippen LogP contribution < -0.4 is 5.32 Å². The van der Waals surface area contributed by atoms with E-state index in [4.69, 9.17) is 4.52 Å². The van der Waals surface area contributed by atoms with Gasteiger partial charge in [-0.3, -0.25) is 4.79 Å². The number of hydrogen-bond donors (Lipinski definition) is 1. The van der Waals surface area contributed by atoms with Gasteiger partial charge in [0.1, 0.15) is 6.33 Å². The Morgan fingerprint density at radius 2 is 1.96 bits per heavy atom. The molecule has 2 heterocycles. The number of aryl methyl sites for hydroxylation is 1. The quantitative estimate of drug-likeness (QED) is 0.580. The number of anilines is 1. The van der Waals surface area contributed by atoms with Crippen molar-refractivity contribution < 1.29 is 9.32 Å². The number of para-hydroxylation sites is 1. The molecular weight excluding hydrogens is 346 g/mol. The summed E-state index contributed by atoms with van der Waals surface area (Å²) < 4.78 is 6.58. The van der Waals surface area contributed by atoms with Gasteiger partial charge in [-0.15, -0.1) is 5.10 Å². The van der Waals surface area contributed by atoms with Crippen LogP contribution in [0.4, 0.5) is 5.69 Å². The van der Waals surface area contributed by atoms with Crippen LogP contribution in [0.2, 0.25) is 0 Å². The highest BCUT2D eigenvalue weighted by molar-refractivity contribution is 5.95. The highest BCUT2D eigenvalue weighted by Gasteiger charge is 2.13. The van der Waals surface area contributed by atoms with Gasteiger partial charge in [-0.05, 0) is 40.3 Å². The minimum atomic E-state index is -0.141. The molecule has 0 atom stereocenters. The van der Waals surface area contributed by atoms with Crippen molar-refractivity contribution >= 4 is 11.6 Å². The maximum absolute atomic E-state index is 12.5. The molecule has 0 radical (unpaired) electrons. The monoisotopic (exact) mass is 361 g/mol. The van der Waals surface area contributed by atoms with Crippen LogP contribution in [0.25, 0.3) is 17.1 Å². The number of rotatable bonds is 5. The summed E-state index contributed by atoms with van der Waals surface area (Å²) in [6, 6.07) is 14.8. The van der Waals surface area contributed by atoms with Gasteiger partial charge in [0.2, 0.25) is 17.6 Å². The molecule has 0 saturated carbocycles. The van der Waals surface area contributed by atoms with E-state index in [1.807, 2.05) is 42.5 Å². The number of aromatic nitrogens is 6. The summed E-state index contributed by atoms with van der Waals surface area (Å²) in [6.07, 6.45) is 1.74. The Labute approximate surface area is 154 Å². The molecule has 0 aliphatic carbocycles. The molecule has 9 heteroatoms. The third kappa shape index (κ3) is 3.71. The number of carbonyl (C=O) groups is 1. The fraction of sp³-hybridized carbons (Fsp3) is 0.111. The molecule has 0 spiro atoms. The molecule has 0 bridgehead atoms. The highest BCUT2D eigenvalue weighted by Crippen LogP contribution is 2.25. The minimum absolute atomic E-state index is 0.141. The molecule has 0 fully saturated rings. The third-order valence-corrected chi connectivity index (χ3v) is 3.88. The fourth-order valence-electron chi connectivity index (χ4n) is 2.62. The van der Waals surface area contributed by atoms with Crippen LogP contribution in [0, 0.1) is 6.92 Å². The number of nitrogens with zero attached hydrogens (tertiary/aromatic N) is 6. The number of hydrogen-bond acceptors (Lipinski definition) is 7. The second-order valence-corrected chi connectivity index (χ2v) is 5.83. The summed E-state index contributed by atoms with van der Waals surface area (Å²) in [5, 5.41) is 17.9. The number of benzene rings is 2. The van der Waals surface area contributed by atoms with Crippen molar-refractivity contribution in [3.8, 4) is 17.1 Å². The molecule has 2 aromatic carbocycles. The Hall–Kier alpha value is -3.88. The average molecular weight is 361 g/mol. The SMILES string of the molecule is Cc1nc(-c2ccccc2NC(=O)Cc2ccc(-n3cnnn3)cc2)no1. The topological polar surface area (TPSA) is 112 Å². The van der Waals surface area contributed by atoms with E-state index in [1.165, 1.54) is 6.33 Å². The Kier molecular flexibility index (Phi) is 4.40. The van der Waals surface area contributed by atoms with E-state index >= 15 is 0 Å². The molecular formula is C18H15N7O2. The molecule has 4 rings (SSSR count). The minimum Gasteiger partial charge on any atom is -0.339 e. The zero-order valence-corrected chi connectivity index (χ0v) is 14.4. The van der Waals surface area contributed by atoms with Crippen LogP contribution >= 0.6 is 0 Å². The lowest BCUT2D eigenvalue weighted by molar-refractivity contribution is -0.115. The van der Waals surface area contributed by atoms with Crippen molar-refractivity contribution in [2.24, 2.45) is 0 Å². The maximum atomic E-state index is 12.5. The molecule has 0 aliphatic rings. The summed E-state index contributed by atoms with van der Waals surface area (Å²) >= 11 is 0. The lowest BCUT2D eigenvalue weighted by atomic mass is 10.1. The van der Waals surface area contributed by atoms with E-state index in [1.54, 1.807) is 17.7 Å². The molecule has 0 aliphatic heterocycles. The molecule has 134 valence electrons. The second kappa shape index (κ2) is 7.16.